The monoisotopic (exact) mass is 179 g/mol. The molecule has 0 fully saturated rings. The van der Waals surface area contributed by atoms with Gasteiger partial charge in [0.1, 0.15) is 11.9 Å². The maximum absolute atomic E-state index is 5.68. The lowest BCUT2D eigenvalue weighted by Crippen LogP contribution is -2.34. The number of rotatable bonds is 2. The fourth-order valence-corrected chi connectivity index (χ4v) is 1.44. The number of para-hydroxylation sites is 2. The Hall–Kier alpha value is -1.22. The molecule has 1 N–H and O–H groups in total. The number of nitrogens with one attached hydrogen (secondary N) is 1. The second-order valence-corrected chi connectivity index (χ2v) is 3.07. The highest BCUT2D eigenvalue weighted by Crippen LogP contribution is 2.27. The minimum absolute atomic E-state index is 0.125. The van der Waals surface area contributed by atoms with Crippen molar-refractivity contribution in [1.82, 2.24) is 0 Å². The van der Waals surface area contributed by atoms with Crippen LogP contribution in [0.25, 0.3) is 0 Å². The molecule has 1 aromatic carbocycles. The van der Waals surface area contributed by atoms with Crippen LogP contribution >= 0.6 is 0 Å². The maximum atomic E-state index is 5.68. The van der Waals surface area contributed by atoms with E-state index in [-0.39, 0.29) is 6.10 Å². The van der Waals surface area contributed by atoms with Crippen LogP contribution in [0.2, 0.25) is 0 Å². The highest BCUT2D eigenvalue weighted by Gasteiger charge is 2.17. The Bertz CT molecular complexity index is 288. The number of ether oxygens (including phenoxy) is 2. The third-order valence-electron chi connectivity index (χ3n) is 2.05. The van der Waals surface area contributed by atoms with Crippen LogP contribution in [0, 0.1) is 0 Å². The van der Waals surface area contributed by atoms with Crippen molar-refractivity contribution >= 4 is 5.69 Å². The van der Waals surface area contributed by atoms with Crippen LogP contribution in [0.1, 0.15) is 0 Å². The first-order valence-corrected chi connectivity index (χ1v) is 4.38. The van der Waals surface area contributed by atoms with Gasteiger partial charge in [0.25, 0.3) is 0 Å². The number of anilines is 1. The van der Waals surface area contributed by atoms with E-state index in [2.05, 4.69) is 5.32 Å². The standard InChI is InChI=1S/C10H13NO2/c1-12-7-8-6-11-9-4-2-3-5-10(9)13-8/h2-5,8,11H,6-7H2,1H3. The van der Waals surface area contributed by atoms with Crippen molar-refractivity contribution in [2.45, 2.75) is 6.10 Å². The van der Waals surface area contributed by atoms with Gasteiger partial charge in [0, 0.05) is 7.11 Å². The Labute approximate surface area is 77.7 Å². The lowest BCUT2D eigenvalue weighted by Gasteiger charge is -2.26. The summed E-state index contributed by atoms with van der Waals surface area (Å²) in [5, 5.41) is 3.29. The molecule has 0 bridgehead atoms. The smallest absolute Gasteiger partial charge is 0.143 e. The van der Waals surface area contributed by atoms with Gasteiger partial charge in [0.2, 0.25) is 0 Å². The van der Waals surface area contributed by atoms with Gasteiger partial charge >= 0.3 is 0 Å². The number of hydrogen-bond donors (Lipinski definition) is 1. The molecule has 0 amide bonds. The molecule has 1 unspecified atom stereocenters. The Kier molecular flexibility index (Phi) is 2.36. The van der Waals surface area contributed by atoms with E-state index >= 15 is 0 Å². The van der Waals surface area contributed by atoms with Gasteiger partial charge in [-0.25, -0.2) is 0 Å². The van der Waals surface area contributed by atoms with Crippen molar-refractivity contribution in [1.29, 1.82) is 0 Å². The van der Waals surface area contributed by atoms with E-state index in [0.29, 0.717) is 6.61 Å². The van der Waals surface area contributed by atoms with Crippen molar-refractivity contribution in [2.75, 3.05) is 25.6 Å². The van der Waals surface area contributed by atoms with Crippen molar-refractivity contribution in [3.63, 3.8) is 0 Å². The van der Waals surface area contributed by atoms with Crippen molar-refractivity contribution in [3.8, 4) is 5.75 Å². The molecule has 70 valence electrons. The first-order chi connectivity index (χ1) is 6.40. The summed E-state index contributed by atoms with van der Waals surface area (Å²) in [5.74, 6) is 0.913. The van der Waals surface area contributed by atoms with E-state index in [1.807, 2.05) is 24.3 Å². The van der Waals surface area contributed by atoms with Crippen LogP contribution in [-0.2, 0) is 4.74 Å². The van der Waals surface area contributed by atoms with Gasteiger partial charge in [-0.1, -0.05) is 12.1 Å². The minimum atomic E-state index is 0.125. The first kappa shape index (κ1) is 8.38. The molecular formula is C10H13NO2. The number of methoxy groups -OCH3 is 1. The SMILES string of the molecule is COCC1CNc2ccccc2O1. The topological polar surface area (TPSA) is 30.5 Å². The van der Waals surface area contributed by atoms with Crippen molar-refractivity contribution in [2.24, 2.45) is 0 Å². The second-order valence-electron chi connectivity index (χ2n) is 3.07. The normalized spacial score (nSPS) is 19.9. The van der Waals surface area contributed by atoms with E-state index < -0.39 is 0 Å². The summed E-state index contributed by atoms with van der Waals surface area (Å²) in [6.07, 6.45) is 0.125. The molecule has 0 spiro atoms. The van der Waals surface area contributed by atoms with Crippen LogP contribution in [0.3, 0.4) is 0 Å². The molecule has 0 aliphatic carbocycles. The van der Waals surface area contributed by atoms with Crippen LogP contribution in [-0.4, -0.2) is 26.4 Å². The molecule has 1 aliphatic heterocycles. The van der Waals surface area contributed by atoms with Gasteiger partial charge in [0.05, 0.1) is 18.8 Å². The Morgan fingerprint density at radius 3 is 3.23 bits per heavy atom. The van der Waals surface area contributed by atoms with Gasteiger partial charge in [-0.2, -0.15) is 0 Å². The summed E-state index contributed by atoms with van der Waals surface area (Å²) in [6.45, 7) is 1.44. The molecule has 3 heteroatoms. The van der Waals surface area contributed by atoms with E-state index in [4.69, 9.17) is 9.47 Å². The summed E-state index contributed by atoms with van der Waals surface area (Å²) in [6, 6.07) is 7.93. The average molecular weight is 179 g/mol. The minimum Gasteiger partial charge on any atom is -0.484 e. The van der Waals surface area contributed by atoms with E-state index in [0.717, 1.165) is 18.0 Å². The third-order valence-corrected chi connectivity index (χ3v) is 2.05. The van der Waals surface area contributed by atoms with Crippen LogP contribution in [0.4, 0.5) is 5.69 Å². The first-order valence-electron chi connectivity index (χ1n) is 4.38. The third kappa shape index (κ3) is 1.75. The molecule has 2 rings (SSSR count). The molecule has 1 heterocycles. The van der Waals surface area contributed by atoms with Crippen molar-refractivity contribution in [3.05, 3.63) is 24.3 Å². The van der Waals surface area contributed by atoms with Crippen LogP contribution in [0.5, 0.6) is 5.75 Å². The molecule has 13 heavy (non-hydrogen) atoms. The zero-order valence-corrected chi connectivity index (χ0v) is 7.62. The molecule has 1 aliphatic rings. The zero-order valence-electron chi connectivity index (χ0n) is 7.62. The predicted molar refractivity (Wildman–Crippen MR) is 51.2 cm³/mol. The molecule has 0 saturated carbocycles. The fourth-order valence-electron chi connectivity index (χ4n) is 1.44. The Morgan fingerprint density at radius 1 is 1.54 bits per heavy atom. The average Bonchev–Trinajstić information content (AvgIpc) is 2.18. The van der Waals surface area contributed by atoms with E-state index in [9.17, 15) is 0 Å². The molecule has 3 nitrogen and oxygen atoms in total. The summed E-state index contributed by atoms with van der Waals surface area (Å²) >= 11 is 0. The molecule has 1 aromatic rings. The quantitative estimate of drug-likeness (QED) is 0.746. The lowest BCUT2D eigenvalue weighted by atomic mass is 10.2. The molecule has 0 radical (unpaired) electrons. The fraction of sp³-hybridized carbons (Fsp3) is 0.400. The summed E-state index contributed by atoms with van der Waals surface area (Å²) in [5.41, 5.74) is 1.06. The van der Waals surface area contributed by atoms with Crippen molar-refractivity contribution < 1.29 is 9.47 Å². The predicted octanol–water partition coefficient (Wildman–Crippen LogP) is 1.51. The Balaban J connectivity index is 2.11. The zero-order chi connectivity index (χ0) is 9.10. The van der Waals surface area contributed by atoms with Crippen LogP contribution < -0.4 is 10.1 Å². The number of benzene rings is 1. The summed E-state index contributed by atoms with van der Waals surface area (Å²) in [4.78, 5) is 0. The van der Waals surface area contributed by atoms with Gasteiger partial charge in [-0.3, -0.25) is 0 Å². The summed E-state index contributed by atoms with van der Waals surface area (Å²) in [7, 11) is 1.68. The number of hydrogen-bond acceptors (Lipinski definition) is 3. The highest BCUT2D eigenvalue weighted by atomic mass is 16.5. The highest BCUT2D eigenvalue weighted by molar-refractivity contribution is 5.57. The lowest BCUT2D eigenvalue weighted by molar-refractivity contribution is 0.0848. The van der Waals surface area contributed by atoms with Crippen LogP contribution in [0.15, 0.2) is 24.3 Å². The molecular weight excluding hydrogens is 166 g/mol. The number of fused-ring (bicyclic) bond motifs is 1. The molecule has 0 aromatic heterocycles. The van der Waals surface area contributed by atoms with Gasteiger partial charge in [-0.05, 0) is 12.1 Å². The summed E-state index contributed by atoms with van der Waals surface area (Å²) < 4.78 is 10.7. The van der Waals surface area contributed by atoms with Gasteiger partial charge < -0.3 is 14.8 Å². The largest absolute Gasteiger partial charge is 0.484 e. The maximum Gasteiger partial charge on any atom is 0.143 e. The molecule has 0 saturated heterocycles. The van der Waals surface area contributed by atoms with Gasteiger partial charge in [-0.15, -0.1) is 0 Å². The Morgan fingerprint density at radius 2 is 2.38 bits per heavy atom. The second kappa shape index (κ2) is 3.66. The van der Waals surface area contributed by atoms with E-state index in [1.165, 1.54) is 0 Å². The molecule has 1 atom stereocenters. The van der Waals surface area contributed by atoms with E-state index in [1.54, 1.807) is 7.11 Å². The van der Waals surface area contributed by atoms with Gasteiger partial charge in [0.15, 0.2) is 0 Å².